The predicted molar refractivity (Wildman–Crippen MR) is 53.7 cm³/mol. The van der Waals surface area contributed by atoms with Crippen LogP contribution in [0.1, 0.15) is 0 Å². The molecule has 0 saturated carbocycles. The van der Waals surface area contributed by atoms with Gasteiger partial charge in [-0.1, -0.05) is 30.3 Å². The van der Waals surface area contributed by atoms with Crippen molar-refractivity contribution in [3.8, 4) is 0 Å². The first-order chi connectivity index (χ1) is 3.39. The van der Waals surface area contributed by atoms with Gasteiger partial charge in [0.1, 0.15) is 0 Å². The molecular formula is C6H12F3PS. The maximum atomic E-state index is 2.63. The van der Waals surface area contributed by atoms with Crippen molar-refractivity contribution in [3.05, 3.63) is 30.3 Å². The summed E-state index contributed by atoms with van der Waals surface area (Å²) < 4.78 is 0. The summed E-state index contributed by atoms with van der Waals surface area (Å²) in [5, 5.41) is 1.24. The molecule has 1 unspecified atom stereocenters. The minimum Gasteiger partial charge on any atom is -0.269 e. The van der Waals surface area contributed by atoms with Gasteiger partial charge >= 0.3 is 0 Å². The Balaban J connectivity index is -0.0000000612. The minimum absolute atomic E-state index is 0. The Morgan fingerprint density at radius 2 is 1.18 bits per heavy atom. The maximum Gasteiger partial charge on any atom is -0.0303 e. The van der Waals surface area contributed by atoms with Crippen molar-refractivity contribution in [2.24, 2.45) is 0 Å². The summed E-state index contributed by atoms with van der Waals surface area (Å²) in [4.78, 5) is 0. The molecule has 0 aromatic heterocycles. The Bertz CT molecular complexity index is 148. The van der Waals surface area contributed by atoms with Crippen LogP contribution in [0.2, 0.25) is 0 Å². The van der Waals surface area contributed by atoms with E-state index in [2.05, 4.69) is 9.24 Å². The fraction of sp³-hybridized carbons (Fsp3) is 0. The van der Waals surface area contributed by atoms with Gasteiger partial charge in [0, 0.05) is 0 Å². The van der Waals surface area contributed by atoms with Gasteiger partial charge in [-0.15, -0.1) is 9.24 Å². The number of hydrogen-bond donors (Lipinski definition) is 0. The first kappa shape index (κ1) is 22.4. The molecule has 1 aromatic carbocycles. The van der Waals surface area contributed by atoms with Gasteiger partial charge in [0.15, 0.2) is 0 Å². The van der Waals surface area contributed by atoms with Gasteiger partial charge in [0.25, 0.3) is 0 Å². The second kappa shape index (κ2) is 12.5. The Hall–Kier alpha value is -0.210. The van der Waals surface area contributed by atoms with Gasteiger partial charge in [-0.2, -0.15) is 13.5 Å². The molecule has 0 N–H and O–H groups in total. The smallest absolute Gasteiger partial charge is 0.0303 e. The third-order valence-corrected chi connectivity index (χ3v) is 1.18. The van der Waals surface area contributed by atoms with Crippen LogP contribution >= 0.6 is 22.7 Å². The highest BCUT2D eigenvalue weighted by molar-refractivity contribution is 7.59. The number of rotatable bonds is 0. The number of hydrogen-bond acceptors (Lipinski definition) is 0. The molecule has 1 aromatic rings. The molecule has 0 radical (unpaired) electrons. The van der Waals surface area contributed by atoms with Crippen LogP contribution in [0.25, 0.3) is 0 Å². The van der Waals surface area contributed by atoms with E-state index in [4.69, 9.17) is 0 Å². The second-order valence-corrected chi connectivity index (χ2v) is 2.08. The van der Waals surface area contributed by atoms with E-state index in [-0.39, 0.29) is 27.6 Å². The van der Waals surface area contributed by atoms with Crippen LogP contribution in [0.3, 0.4) is 0 Å². The normalized spacial score (nSPS) is 5.55. The molecule has 0 amide bonds. The molecule has 0 nitrogen and oxygen atoms in total. The van der Waals surface area contributed by atoms with E-state index in [1.807, 2.05) is 30.3 Å². The Labute approximate surface area is 73.1 Å². The molecule has 0 aliphatic rings. The van der Waals surface area contributed by atoms with Gasteiger partial charge in [0.05, 0.1) is 0 Å². The van der Waals surface area contributed by atoms with E-state index in [9.17, 15) is 0 Å². The molecular weight excluding hydrogens is 192 g/mol. The van der Waals surface area contributed by atoms with Crippen molar-refractivity contribution in [2.45, 2.75) is 0 Å². The van der Waals surface area contributed by atoms with Crippen molar-refractivity contribution in [2.75, 3.05) is 0 Å². The first-order valence-corrected chi connectivity index (χ1v) is 2.78. The number of halogens is 3. The average molecular weight is 204 g/mol. The summed E-state index contributed by atoms with van der Waals surface area (Å²) >= 11 is 0. The Morgan fingerprint density at radius 1 is 0.818 bits per heavy atom. The summed E-state index contributed by atoms with van der Waals surface area (Å²) in [6.07, 6.45) is 0. The van der Waals surface area contributed by atoms with Crippen LogP contribution in [-0.2, 0) is 0 Å². The lowest BCUT2D eigenvalue weighted by molar-refractivity contribution is 1.11. The van der Waals surface area contributed by atoms with Gasteiger partial charge in [-0.3, -0.25) is 14.1 Å². The lowest BCUT2D eigenvalue weighted by atomic mass is 10.4. The van der Waals surface area contributed by atoms with Crippen LogP contribution < -0.4 is 5.30 Å². The summed E-state index contributed by atoms with van der Waals surface area (Å²) in [6.45, 7) is 0. The van der Waals surface area contributed by atoms with Crippen molar-refractivity contribution in [3.63, 3.8) is 0 Å². The van der Waals surface area contributed by atoms with Gasteiger partial charge in [0.2, 0.25) is 0 Å². The molecule has 0 saturated heterocycles. The second-order valence-electron chi connectivity index (χ2n) is 1.41. The molecule has 11 heavy (non-hydrogen) atoms. The van der Waals surface area contributed by atoms with Crippen LogP contribution in [0.5, 0.6) is 0 Å². The zero-order valence-corrected chi connectivity index (χ0v) is 7.84. The zero-order chi connectivity index (χ0) is 5.11. The van der Waals surface area contributed by atoms with Crippen molar-refractivity contribution in [1.82, 2.24) is 0 Å². The molecule has 1 atom stereocenters. The fourth-order valence-corrected chi connectivity index (χ4v) is 0.675. The van der Waals surface area contributed by atoms with E-state index in [0.717, 1.165) is 0 Å². The molecule has 68 valence electrons. The van der Waals surface area contributed by atoms with Crippen LogP contribution in [0.4, 0.5) is 14.1 Å². The Kier molecular flexibility index (Phi) is 25.4. The molecule has 0 aliphatic carbocycles. The van der Waals surface area contributed by atoms with E-state index in [1.54, 1.807) is 0 Å². The molecule has 0 heterocycles. The van der Waals surface area contributed by atoms with Crippen molar-refractivity contribution in [1.29, 1.82) is 0 Å². The van der Waals surface area contributed by atoms with Crippen molar-refractivity contribution >= 4 is 28.0 Å². The molecule has 0 aliphatic heterocycles. The third kappa shape index (κ3) is 9.79. The summed E-state index contributed by atoms with van der Waals surface area (Å²) in [6, 6.07) is 10.1. The van der Waals surface area contributed by atoms with Gasteiger partial charge < -0.3 is 0 Å². The maximum absolute atomic E-state index is 2.63. The lowest BCUT2D eigenvalue weighted by Gasteiger charge is -1.82. The molecule has 0 bridgehead atoms. The summed E-state index contributed by atoms with van der Waals surface area (Å²) in [5.74, 6) is 0. The monoisotopic (exact) mass is 204 g/mol. The largest absolute Gasteiger partial charge is 0.269 e. The summed E-state index contributed by atoms with van der Waals surface area (Å²) in [5.41, 5.74) is 0. The average Bonchev–Trinajstić information content (AvgIpc) is 1.69. The topological polar surface area (TPSA) is 0 Å². The van der Waals surface area contributed by atoms with Gasteiger partial charge in [-0.05, 0) is 5.30 Å². The fourth-order valence-electron chi connectivity index (χ4n) is 0.453. The highest BCUT2D eigenvalue weighted by Crippen LogP contribution is 1.86. The van der Waals surface area contributed by atoms with Crippen LogP contribution in [0.15, 0.2) is 30.3 Å². The molecule has 0 spiro atoms. The summed E-state index contributed by atoms with van der Waals surface area (Å²) in [7, 11) is 2.63. The number of benzene rings is 1. The van der Waals surface area contributed by atoms with E-state index in [0.29, 0.717) is 0 Å². The lowest BCUT2D eigenvalue weighted by Crippen LogP contribution is -1.82. The molecule has 1 rings (SSSR count). The van der Waals surface area contributed by atoms with Crippen molar-refractivity contribution < 1.29 is 14.1 Å². The Morgan fingerprint density at radius 3 is 1.36 bits per heavy atom. The molecule has 0 fully saturated rings. The van der Waals surface area contributed by atoms with E-state index < -0.39 is 0 Å². The molecule has 5 heteroatoms. The first-order valence-electron chi connectivity index (χ1n) is 2.20. The van der Waals surface area contributed by atoms with Crippen LogP contribution in [-0.4, -0.2) is 0 Å². The minimum atomic E-state index is 0. The van der Waals surface area contributed by atoms with Crippen LogP contribution in [0, 0.1) is 0 Å². The van der Waals surface area contributed by atoms with Gasteiger partial charge in [-0.25, -0.2) is 0 Å². The predicted octanol–water partition coefficient (Wildman–Crippen LogP) is 1.76. The SMILES string of the molecule is F.F.F.Pc1ccccc1.S. The quantitative estimate of drug-likeness (QED) is 0.565. The third-order valence-electron chi connectivity index (χ3n) is 0.800. The van der Waals surface area contributed by atoms with E-state index >= 15 is 0 Å². The highest BCUT2D eigenvalue weighted by atomic mass is 32.1. The highest BCUT2D eigenvalue weighted by Gasteiger charge is 1.72. The van der Waals surface area contributed by atoms with E-state index in [1.165, 1.54) is 5.30 Å². The zero-order valence-electron chi connectivity index (χ0n) is 5.69. The standard InChI is InChI=1S/C6H7P.3FH.H2S/c7-6-4-2-1-3-5-6;;;;/h1-5H,7H2;3*1H;1H2.